The van der Waals surface area contributed by atoms with Crippen LogP contribution in [-0.4, -0.2) is 25.8 Å². The van der Waals surface area contributed by atoms with E-state index in [2.05, 4.69) is 57.9 Å². The third kappa shape index (κ3) is 2.90. The Balaban J connectivity index is 2.68. The number of aromatic carboxylic acids is 1. The number of nitrogens with zero attached hydrogens (tertiary/aromatic N) is 3. The van der Waals surface area contributed by atoms with E-state index in [-0.39, 0.29) is 5.82 Å². The molecule has 100 valence electrons. The average molecular weight is 454 g/mol. The molecule has 0 saturated heterocycles. The summed E-state index contributed by atoms with van der Waals surface area (Å²) in [5.74, 6) is -0.766. The molecular weight excluding hydrogens is 446 g/mol. The van der Waals surface area contributed by atoms with E-state index in [1.54, 1.807) is 0 Å². The van der Waals surface area contributed by atoms with Crippen LogP contribution in [0, 0.1) is 0 Å². The lowest BCUT2D eigenvalue weighted by Gasteiger charge is -2.10. The molecule has 1 aromatic heterocycles. The Hall–Kier alpha value is -0.730. The lowest BCUT2D eigenvalue weighted by Crippen LogP contribution is -2.05. The molecule has 0 spiro atoms. The van der Waals surface area contributed by atoms with Crippen molar-refractivity contribution in [1.82, 2.24) is 14.8 Å². The van der Waals surface area contributed by atoms with Gasteiger partial charge in [0.05, 0.1) is 5.69 Å². The van der Waals surface area contributed by atoms with E-state index in [1.165, 1.54) is 4.68 Å². The zero-order chi connectivity index (χ0) is 14.2. The van der Waals surface area contributed by atoms with Crippen LogP contribution in [0.25, 0.3) is 5.69 Å². The number of carboxylic acids is 1. The largest absolute Gasteiger partial charge is 0.475 e. The zero-order valence-electron chi connectivity index (χ0n) is 9.69. The highest BCUT2D eigenvalue weighted by Crippen LogP contribution is 2.33. The van der Waals surface area contributed by atoms with Gasteiger partial charge in [0.25, 0.3) is 5.82 Å². The van der Waals surface area contributed by atoms with Gasteiger partial charge in [0, 0.05) is 19.8 Å². The van der Waals surface area contributed by atoms with Crippen LogP contribution in [0.4, 0.5) is 0 Å². The Morgan fingerprint density at radius 1 is 1.32 bits per heavy atom. The number of aromatic nitrogens is 3. The first kappa shape index (κ1) is 14.7. The topological polar surface area (TPSA) is 68.0 Å². The quantitative estimate of drug-likeness (QED) is 0.767. The molecule has 0 aliphatic carbocycles. The van der Waals surface area contributed by atoms with Crippen LogP contribution in [0.15, 0.2) is 25.6 Å². The van der Waals surface area contributed by atoms with Gasteiger partial charge in [-0.15, -0.1) is 5.10 Å². The summed E-state index contributed by atoms with van der Waals surface area (Å²) in [7, 11) is 0. The van der Waals surface area contributed by atoms with Gasteiger partial charge in [-0.2, -0.15) is 0 Å². The number of hydrogen-bond donors (Lipinski definition) is 1. The molecule has 1 N–H and O–H groups in total. The van der Waals surface area contributed by atoms with Crippen LogP contribution in [0.5, 0.6) is 0 Å². The highest BCUT2D eigenvalue weighted by atomic mass is 79.9. The molecule has 0 saturated carbocycles. The first-order chi connectivity index (χ1) is 8.93. The molecule has 0 aliphatic rings. The molecule has 0 amide bonds. The van der Waals surface area contributed by atoms with Crippen LogP contribution in [0.1, 0.15) is 23.4 Å². The van der Waals surface area contributed by atoms with E-state index < -0.39 is 5.97 Å². The van der Waals surface area contributed by atoms with Crippen molar-refractivity contribution in [2.75, 3.05) is 0 Å². The number of aryl methyl sites for hydroxylation is 1. The smallest absolute Gasteiger partial charge is 0.375 e. The van der Waals surface area contributed by atoms with Crippen LogP contribution in [0.2, 0.25) is 0 Å². The van der Waals surface area contributed by atoms with Crippen molar-refractivity contribution in [2.24, 2.45) is 0 Å². The van der Waals surface area contributed by atoms with Crippen molar-refractivity contribution in [2.45, 2.75) is 13.3 Å². The molecule has 0 aliphatic heterocycles. The van der Waals surface area contributed by atoms with E-state index in [0.29, 0.717) is 12.2 Å². The normalized spacial score (nSPS) is 10.7. The summed E-state index contributed by atoms with van der Waals surface area (Å²) in [6.07, 6.45) is 0.579. The minimum atomic E-state index is -1.14. The maximum absolute atomic E-state index is 11.0. The van der Waals surface area contributed by atoms with E-state index in [0.717, 1.165) is 19.1 Å². The summed E-state index contributed by atoms with van der Waals surface area (Å²) >= 11 is 10.3. The minimum absolute atomic E-state index is 0.210. The first-order valence-corrected chi connectivity index (χ1v) is 7.66. The van der Waals surface area contributed by atoms with Crippen LogP contribution in [0.3, 0.4) is 0 Å². The fraction of sp³-hybridized carbons (Fsp3) is 0.182. The molecule has 0 unspecified atom stereocenters. The summed E-state index contributed by atoms with van der Waals surface area (Å²) in [5.41, 5.74) is 0.722. The number of benzene rings is 1. The average Bonchev–Trinajstić information content (AvgIpc) is 2.71. The van der Waals surface area contributed by atoms with Crippen molar-refractivity contribution in [3.8, 4) is 5.69 Å². The Morgan fingerprint density at radius 2 is 1.89 bits per heavy atom. The summed E-state index contributed by atoms with van der Waals surface area (Å²) in [6, 6.07) is 3.73. The Morgan fingerprint density at radius 3 is 2.37 bits per heavy atom. The highest BCUT2D eigenvalue weighted by molar-refractivity contribution is 9.11. The fourth-order valence-corrected chi connectivity index (χ4v) is 4.17. The standard InChI is InChI=1S/C11H8Br3N3O2/c1-2-8-15-10(11(18)19)16-17(8)9-6(13)3-5(12)4-7(9)14/h3-4H,2H2,1H3,(H,18,19). The van der Waals surface area contributed by atoms with Crippen molar-refractivity contribution in [3.05, 3.63) is 37.2 Å². The van der Waals surface area contributed by atoms with Crippen LogP contribution in [-0.2, 0) is 6.42 Å². The lowest BCUT2D eigenvalue weighted by molar-refractivity contribution is 0.0683. The predicted molar refractivity (Wildman–Crippen MR) is 80.8 cm³/mol. The van der Waals surface area contributed by atoms with E-state index in [1.807, 2.05) is 19.1 Å². The predicted octanol–water partition coefficient (Wildman–Crippen LogP) is 3.82. The van der Waals surface area contributed by atoms with E-state index in [9.17, 15) is 4.79 Å². The van der Waals surface area contributed by atoms with Crippen molar-refractivity contribution in [3.63, 3.8) is 0 Å². The molecule has 2 aromatic rings. The molecule has 1 aromatic carbocycles. The van der Waals surface area contributed by atoms with Crippen molar-refractivity contribution in [1.29, 1.82) is 0 Å². The second-order valence-electron chi connectivity index (χ2n) is 3.64. The third-order valence-corrected chi connectivity index (χ3v) is 4.04. The number of hydrogen-bond acceptors (Lipinski definition) is 3. The molecule has 0 radical (unpaired) electrons. The summed E-state index contributed by atoms with van der Waals surface area (Å²) in [5, 5.41) is 13.0. The summed E-state index contributed by atoms with van der Waals surface area (Å²) < 4.78 is 3.99. The molecule has 1 heterocycles. The Bertz CT molecular complexity index is 632. The van der Waals surface area contributed by atoms with Gasteiger partial charge in [0.1, 0.15) is 5.82 Å². The second-order valence-corrected chi connectivity index (χ2v) is 6.26. The molecule has 0 atom stereocenters. The van der Waals surface area contributed by atoms with Crippen LogP contribution < -0.4 is 0 Å². The molecule has 8 heteroatoms. The van der Waals surface area contributed by atoms with Gasteiger partial charge in [0.2, 0.25) is 0 Å². The van der Waals surface area contributed by atoms with Gasteiger partial charge < -0.3 is 5.11 Å². The maximum Gasteiger partial charge on any atom is 0.375 e. The van der Waals surface area contributed by atoms with Gasteiger partial charge in [-0.25, -0.2) is 14.5 Å². The number of carboxylic acid groups (broad SMARTS) is 1. The van der Waals surface area contributed by atoms with Gasteiger partial charge in [-0.05, 0) is 44.0 Å². The minimum Gasteiger partial charge on any atom is -0.475 e. The fourth-order valence-electron chi connectivity index (χ4n) is 1.58. The van der Waals surface area contributed by atoms with Gasteiger partial charge >= 0.3 is 5.97 Å². The van der Waals surface area contributed by atoms with E-state index >= 15 is 0 Å². The molecule has 0 fully saturated rings. The van der Waals surface area contributed by atoms with Crippen molar-refractivity contribution >= 4 is 53.8 Å². The van der Waals surface area contributed by atoms with Gasteiger partial charge in [0.15, 0.2) is 0 Å². The Kier molecular flexibility index (Phi) is 4.42. The number of carbonyl (C=O) groups is 1. The first-order valence-electron chi connectivity index (χ1n) is 5.28. The van der Waals surface area contributed by atoms with E-state index in [4.69, 9.17) is 5.11 Å². The molecule has 5 nitrogen and oxygen atoms in total. The zero-order valence-corrected chi connectivity index (χ0v) is 14.5. The van der Waals surface area contributed by atoms with Crippen LogP contribution >= 0.6 is 47.8 Å². The number of halogens is 3. The molecule has 19 heavy (non-hydrogen) atoms. The van der Waals surface area contributed by atoms with Crippen molar-refractivity contribution < 1.29 is 9.90 Å². The van der Waals surface area contributed by atoms with Gasteiger partial charge in [-0.1, -0.05) is 22.9 Å². The monoisotopic (exact) mass is 451 g/mol. The van der Waals surface area contributed by atoms with Gasteiger partial charge in [-0.3, -0.25) is 0 Å². The molecular formula is C11H8Br3N3O2. The summed E-state index contributed by atoms with van der Waals surface area (Å²) in [6.45, 7) is 1.90. The number of rotatable bonds is 3. The maximum atomic E-state index is 11.0. The molecule has 0 bridgehead atoms. The summed E-state index contributed by atoms with van der Waals surface area (Å²) in [4.78, 5) is 15.0. The third-order valence-electron chi connectivity index (χ3n) is 2.38. The molecule has 2 rings (SSSR count). The Labute approximate surface area is 134 Å². The lowest BCUT2D eigenvalue weighted by atomic mass is 10.3. The highest BCUT2D eigenvalue weighted by Gasteiger charge is 2.19. The SMILES string of the molecule is CCc1nc(C(=O)O)nn1-c1c(Br)cc(Br)cc1Br. The second kappa shape index (κ2) is 5.72.